The number of anilines is 1. The number of ether oxygens (including phenoxy) is 1. The standard InChI is InChI=1S/C20H20ClN3O3/c1-2-27-18-9-3-14(4-10-18)12-22-23-20(26)15-11-19(25)24(13-15)17-7-5-16(21)6-8-17/h3-10,12,15H,2,11,13H2,1H3,(H,23,26)/b22-12-/t15-/m1/s1. The highest BCUT2D eigenvalue weighted by Crippen LogP contribution is 2.26. The Kier molecular flexibility index (Phi) is 6.08. The van der Waals surface area contributed by atoms with E-state index in [1.807, 2.05) is 31.2 Å². The molecule has 0 aliphatic carbocycles. The zero-order valence-corrected chi connectivity index (χ0v) is 15.6. The second-order valence-electron chi connectivity index (χ2n) is 6.12. The molecule has 0 unspecified atom stereocenters. The van der Waals surface area contributed by atoms with Crippen LogP contribution in [0.1, 0.15) is 18.9 Å². The third-order valence-corrected chi connectivity index (χ3v) is 4.47. The van der Waals surface area contributed by atoms with Gasteiger partial charge in [0, 0.05) is 23.7 Å². The van der Waals surface area contributed by atoms with Crippen LogP contribution in [0.3, 0.4) is 0 Å². The van der Waals surface area contributed by atoms with Gasteiger partial charge in [0.25, 0.3) is 0 Å². The van der Waals surface area contributed by atoms with Gasteiger partial charge in [0.15, 0.2) is 0 Å². The summed E-state index contributed by atoms with van der Waals surface area (Å²) in [5.41, 5.74) is 4.08. The summed E-state index contributed by atoms with van der Waals surface area (Å²) < 4.78 is 5.38. The average molecular weight is 386 g/mol. The fourth-order valence-corrected chi connectivity index (χ4v) is 2.96. The van der Waals surface area contributed by atoms with Crippen molar-refractivity contribution in [3.63, 3.8) is 0 Å². The minimum absolute atomic E-state index is 0.0898. The highest BCUT2D eigenvalue weighted by molar-refractivity contribution is 6.30. The summed E-state index contributed by atoms with van der Waals surface area (Å²) in [6, 6.07) is 14.4. The summed E-state index contributed by atoms with van der Waals surface area (Å²) in [5.74, 6) is -0.0222. The summed E-state index contributed by atoms with van der Waals surface area (Å²) in [6.45, 7) is 2.86. The fourth-order valence-electron chi connectivity index (χ4n) is 2.83. The number of carbonyl (C=O) groups excluding carboxylic acids is 2. The van der Waals surface area contributed by atoms with Crippen LogP contribution in [0.5, 0.6) is 5.75 Å². The first-order valence-corrected chi connectivity index (χ1v) is 9.06. The third-order valence-electron chi connectivity index (χ3n) is 4.21. The molecule has 1 atom stereocenters. The number of nitrogens with one attached hydrogen (secondary N) is 1. The van der Waals surface area contributed by atoms with Gasteiger partial charge < -0.3 is 9.64 Å². The maximum Gasteiger partial charge on any atom is 0.245 e. The number of hydrogen-bond acceptors (Lipinski definition) is 4. The molecule has 140 valence electrons. The van der Waals surface area contributed by atoms with E-state index in [9.17, 15) is 9.59 Å². The Morgan fingerprint density at radius 1 is 1.26 bits per heavy atom. The van der Waals surface area contributed by atoms with Crippen molar-refractivity contribution in [2.24, 2.45) is 11.0 Å². The first kappa shape index (κ1) is 18.9. The predicted octanol–water partition coefficient (Wildman–Crippen LogP) is 3.24. The summed E-state index contributed by atoms with van der Waals surface area (Å²) in [4.78, 5) is 26.1. The Hall–Kier alpha value is -2.86. The lowest BCUT2D eigenvalue weighted by Crippen LogP contribution is -2.30. The first-order valence-electron chi connectivity index (χ1n) is 8.68. The van der Waals surface area contributed by atoms with Gasteiger partial charge in [0.1, 0.15) is 5.75 Å². The van der Waals surface area contributed by atoms with Crippen molar-refractivity contribution in [2.45, 2.75) is 13.3 Å². The van der Waals surface area contributed by atoms with Crippen molar-refractivity contribution in [3.05, 3.63) is 59.1 Å². The van der Waals surface area contributed by atoms with Crippen LogP contribution in [0.4, 0.5) is 5.69 Å². The Morgan fingerprint density at radius 2 is 1.96 bits per heavy atom. The summed E-state index contributed by atoms with van der Waals surface area (Å²) in [6.07, 6.45) is 1.72. The molecular weight excluding hydrogens is 366 g/mol. The molecule has 0 bridgehead atoms. The van der Waals surface area contributed by atoms with Crippen LogP contribution in [-0.4, -0.2) is 31.2 Å². The topological polar surface area (TPSA) is 71.0 Å². The zero-order chi connectivity index (χ0) is 19.2. The Balaban J connectivity index is 1.55. The molecule has 2 amide bonds. The van der Waals surface area contributed by atoms with Crippen LogP contribution in [-0.2, 0) is 9.59 Å². The van der Waals surface area contributed by atoms with E-state index < -0.39 is 5.92 Å². The van der Waals surface area contributed by atoms with Gasteiger partial charge in [-0.1, -0.05) is 11.6 Å². The smallest absolute Gasteiger partial charge is 0.245 e. The molecule has 0 saturated carbocycles. The van der Waals surface area contributed by atoms with Gasteiger partial charge in [-0.25, -0.2) is 5.43 Å². The molecule has 0 aromatic heterocycles. The van der Waals surface area contributed by atoms with E-state index >= 15 is 0 Å². The van der Waals surface area contributed by atoms with Crippen LogP contribution in [0.25, 0.3) is 0 Å². The number of halogens is 1. The van der Waals surface area contributed by atoms with E-state index in [1.165, 1.54) is 0 Å². The monoisotopic (exact) mass is 385 g/mol. The maximum atomic E-state index is 12.3. The number of amides is 2. The molecule has 2 aromatic rings. The minimum Gasteiger partial charge on any atom is -0.494 e. The normalized spacial score (nSPS) is 16.7. The molecule has 1 aliphatic heterocycles. The van der Waals surface area contributed by atoms with Crippen LogP contribution < -0.4 is 15.1 Å². The SMILES string of the molecule is CCOc1ccc(/C=N\NC(=O)[C@@H]2CC(=O)N(c3ccc(Cl)cc3)C2)cc1. The molecule has 2 aromatic carbocycles. The molecule has 1 heterocycles. The third kappa shape index (κ3) is 4.86. The van der Waals surface area contributed by atoms with E-state index in [0.717, 1.165) is 17.0 Å². The van der Waals surface area contributed by atoms with Crippen LogP contribution in [0.2, 0.25) is 5.02 Å². The van der Waals surface area contributed by atoms with Gasteiger partial charge >= 0.3 is 0 Å². The van der Waals surface area contributed by atoms with Gasteiger partial charge in [-0.05, 0) is 61.0 Å². The van der Waals surface area contributed by atoms with Crippen LogP contribution in [0, 0.1) is 5.92 Å². The Morgan fingerprint density at radius 3 is 2.63 bits per heavy atom. The number of carbonyl (C=O) groups is 2. The van der Waals surface area contributed by atoms with E-state index in [4.69, 9.17) is 16.3 Å². The summed E-state index contributed by atoms with van der Waals surface area (Å²) in [7, 11) is 0. The molecule has 0 spiro atoms. The van der Waals surface area contributed by atoms with E-state index in [-0.39, 0.29) is 18.2 Å². The van der Waals surface area contributed by atoms with Gasteiger partial charge in [-0.15, -0.1) is 0 Å². The van der Waals surface area contributed by atoms with Crippen molar-refractivity contribution in [2.75, 3.05) is 18.1 Å². The highest BCUT2D eigenvalue weighted by atomic mass is 35.5. The van der Waals surface area contributed by atoms with Crippen molar-refractivity contribution in [1.82, 2.24) is 5.43 Å². The van der Waals surface area contributed by atoms with Gasteiger partial charge in [-0.2, -0.15) is 5.10 Å². The lowest BCUT2D eigenvalue weighted by Gasteiger charge is -2.16. The quantitative estimate of drug-likeness (QED) is 0.613. The first-order chi connectivity index (χ1) is 13.1. The van der Waals surface area contributed by atoms with E-state index in [0.29, 0.717) is 18.2 Å². The van der Waals surface area contributed by atoms with Gasteiger partial charge in [0.05, 0.1) is 18.7 Å². The van der Waals surface area contributed by atoms with Gasteiger partial charge in [-0.3, -0.25) is 9.59 Å². The van der Waals surface area contributed by atoms with Crippen LogP contribution >= 0.6 is 11.6 Å². The molecule has 3 rings (SSSR count). The van der Waals surface area contributed by atoms with Crippen LogP contribution in [0.15, 0.2) is 53.6 Å². The van der Waals surface area contributed by atoms with E-state index in [2.05, 4.69) is 10.5 Å². The minimum atomic E-state index is -0.439. The largest absolute Gasteiger partial charge is 0.494 e. The van der Waals surface area contributed by atoms with Crippen molar-refractivity contribution < 1.29 is 14.3 Å². The second-order valence-corrected chi connectivity index (χ2v) is 6.55. The molecule has 27 heavy (non-hydrogen) atoms. The molecule has 7 heteroatoms. The van der Waals surface area contributed by atoms with E-state index in [1.54, 1.807) is 35.4 Å². The lowest BCUT2D eigenvalue weighted by molar-refractivity contribution is -0.126. The van der Waals surface area contributed by atoms with Crippen molar-refractivity contribution in [1.29, 1.82) is 0 Å². The molecule has 6 nitrogen and oxygen atoms in total. The molecule has 0 radical (unpaired) electrons. The molecule has 1 fully saturated rings. The number of hydrogen-bond donors (Lipinski definition) is 1. The fraction of sp³-hybridized carbons (Fsp3) is 0.250. The maximum absolute atomic E-state index is 12.3. The van der Waals surface area contributed by atoms with Crippen molar-refractivity contribution >= 4 is 35.3 Å². The second kappa shape index (κ2) is 8.68. The number of benzene rings is 2. The van der Waals surface area contributed by atoms with Gasteiger partial charge in [0.2, 0.25) is 11.8 Å². The zero-order valence-electron chi connectivity index (χ0n) is 14.9. The summed E-state index contributed by atoms with van der Waals surface area (Å²) >= 11 is 5.88. The highest BCUT2D eigenvalue weighted by Gasteiger charge is 2.35. The number of hydrazone groups is 1. The number of nitrogens with zero attached hydrogens (tertiary/aromatic N) is 2. The Bertz CT molecular complexity index is 835. The van der Waals surface area contributed by atoms with Crippen molar-refractivity contribution in [3.8, 4) is 5.75 Å². The molecule has 1 saturated heterocycles. The Labute approximate surface area is 162 Å². The summed E-state index contributed by atoms with van der Waals surface area (Å²) in [5, 5.41) is 4.58. The number of rotatable bonds is 6. The molecular formula is C20H20ClN3O3. The average Bonchev–Trinajstić information content (AvgIpc) is 3.06. The lowest BCUT2D eigenvalue weighted by atomic mass is 10.1. The predicted molar refractivity (Wildman–Crippen MR) is 105 cm³/mol. The molecule has 1 N–H and O–H groups in total. The molecule has 1 aliphatic rings.